The van der Waals surface area contributed by atoms with Crippen LogP contribution in [-0.2, 0) is 9.59 Å². The number of ketones is 1. The van der Waals surface area contributed by atoms with Gasteiger partial charge >= 0.3 is 92.4 Å². The molecule has 0 aliphatic carbocycles. The summed E-state index contributed by atoms with van der Waals surface area (Å²) in [6.45, 7) is 0. The molecular formula is C9H18AsNO3. The van der Waals surface area contributed by atoms with Crippen molar-refractivity contribution in [1.82, 2.24) is 0 Å². The molecule has 0 saturated carbocycles. The maximum atomic E-state index is 11.3. The van der Waals surface area contributed by atoms with Crippen LogP contribution in [0.25, 0.3) is 0 Å². The fourth-order valence-corrected chi connectivity index (χ4v) is 1.67. The van der Waals surface area contributed by atoms with Crippen molar-refractivity contribution in [3.8, 4) is 0 Å². The van der Waals surface area contributed by atoms with Gasteiger partial charge in [-0.2, -0.15) is 0 Å². The van der Waals surface area contributed by atoms with Crippen LogP contribution in [0.1, 0.15) is 32.1 Å². The predicted molar refractivity (Wildman–Crippen MR) is 57.1 cm³/mol. The zero-order valence-electron chi connectivity index (χ0n) is 8.24. The van der Waals surface area contributed by atoms with Gasteiger partial charge in [-0.25, -0.2) is 0 Å². The fourth-order valence-electron chi connectivity index (χ4n) is 1.07. The van der Waals surface area contributed by atoms with Gasteiger partial charge in [-0.3, -0.25) is 0 Å². The van der Waals surface area contributed by atoms with Crippen LogP contribution >= 0.6 is 0 Å². The molecule has 14 heavy (non-hydrogen) atoms. The van der Waals surface area contributed by atoms with E-state index in [1.165, 1.54) is 0 Å². The summed E-state index contributed by atoms with van der Waals surface area (Å²) in [6.07, 6.45) is 2.65. The van der Waals surface area contributed by atoms with E-state index in [-0.39, 0.29) is 18.6 Å². The molecule has 0 aromatic heterocycles. The molecule has 0 aliphatic rings. The van der Waals surface area contributed by atoms with Crippen molar-refractivity contribution < 1.29 is 14.7 Å². The Morgan fingerprint density at radius 2 is 1.93 bits per heavy atom. The molecule has 0 amide bonds. The number of carboxylic acids is 1. The summed E-state index contributed by atoms with van der Waals surface area (Å²) in [5.74, 6) is -0.906. The maximum absolute atomic E-state index is 11.3. The van der Waals surface area contributed by atoms with E-state index >= 15 is 0 Å². The summed E-state index contributed by atoms with van der Waals surface area (Å²) in [6, 6.07) is -0.589. The molecule has 0 rings (SSSR count). The summed E-state index contributed by atoms with van der Waals surface area (Å²) in [4.78, 5) is 21.5. The van der Waals surface area contributed by atoms with Gasteiger partial charge in [0.1, 0.15) is 0 Å². The van der Waals surface area contributed by atoms with E-state index in [4.69, 9.17) is 10.8 Å². The van der Waals surface area contributed by atoms with Crippen molar-refractivity contribution in [2.45, 2.75) is 43.4 Å². The van der Waals surface area contributed by atoms with E-state index < -0.39 is 12.0 Å². The van der Waals surface area contributed by atoms with Crippen LogP contribution in [0.4, 0.5) is 0 Å². The third kappa shape index (κ3) is 7.10. The summed E-state index contributed by atoms with van der Waals surface area (Å²) >= 11 is 1.66. The Morgan fingerprint density at radius 3 is 2.43 bits per heavy atom. The molecule has 1 unspecified atom stereocenters. The molecule has 2 atom stereocenters. The van der Waals surface area contributed by atoms with Crippen molar-refractivity contribution in [2.75, 3.05) is 0 Å². The van der Waals surface area contributed by atoms with Crippen LogP contribution < -0.4 is 5.73 Å². The van der Waals surface area contributed by atoms with Gasteiger partial charge in [0.2, 0.25) is 0 Å². The minimum atomic E-state index is -0.899. The zero-order valence-corrected chi connectivity index (χ0v) is 10.7. The van der Waals surface area contributed by atoms with E-state index in [1.54, 1.807) is 16.9 Å². The number of carboxylic acid groups (broad SMARTS) is 1. The van der Waals surface area contributed by atoms with Crippen molar-refractivity contribution >= 4 is 28.6 Å². The molecule has 0 radical (unpaired) electrons. The number of carbonyl (C=O) groups excluding carboxylic acids is 1. The van der Waals surface area contributed by atoms with Crippen molar-refractivity contribution in [3.05, 3.63) is 0 Å². The number of aliphatic carboxylic acids is 1. The molecule has 4 nitrogen and oxygen atoms in total. The number of rotatable bonds is 8. The Balaban J connectivity index is 3.59. The van der Waals surface area contributed by atoms with Crippen LogP contribution in [0.5, 0.6) is 0 Å². The average Bonchev–Trinajstić information content (AvgIpc) is 2.14. The monoisotopic (exact) mass is 263 g/mol. The first kappa shape index (κ1) is 13.7. The van der Waals surface area contributed by atoms with Crippen molar-refractivity contribution in [3.63, 3.8) is 0 Å². The van der Waals surface area contributed by atoms with Gasteiger partial charge in [0.25, 0.3) is 0 Å². The Labute approximate surface area is 92.7 Å². The number of Topliss-reactive ketones (excluding diaryl/α,β-unsaturated/α-hetero) is 1. The topological polar surface area (TPSA) is 80.4 Å². The minimum absolute atomic E-state index is 0.00722. The first-order chi connectivity index (χ1) is 6.57. The van der Waals surface area contributed by atoms with Gasteiger partial charge in [-0.05, 0) is 0 Å². The fraction of sp³-hybridized carbons (Fsp3) is 0.778. The van der Waals surface area contributed by atoms with Gasteiger partial charge < -0.3 is 0 Å². The van der Waals surface area contributed by atoms with Crippen molar-refractivity contribution in [2.24, 2.45) is 5.73 Å². The van der Waals surface area contributed by atoms with Gasteiger partial charge in [0.05, 0.1) is 0 Å². The summed E-state index contributed by atoms with van der Waals surface area (Å²) in [5, 5.41) is 9.52. The Kier molecular flexibility index (Phi) is 7.81. The van der Waals surface area contributed by atoms with Crippen molar-refractivity contribution in [1.29, 1.82) is 0 Å². The molecule has 82 valence electrons. The third-order valence-electron chi connectivity index (χ3n) is 1.96. The standard InChI is InChI=1S/C9H18AsNO3/c10-6-2-1-3-8(12)7(11)4-5-9(13)14/h7H,1-6,10-11H2,(H,13,14)/t7-/m0/s1. The molecular weight excluding hydrogens is 245 g/mol. The molecule has 0 saturated heterocycles. The summed E-state index contributed by atoms with van der Waals surface area (Å²) < 4.78 is 0. The summed E-state index contributed by atoms with van der Waals surface area (Å²) in [7, 11) is 0. The molecule has 0 fully saturated rings. The number of unbranched alkanes of at least 4 members (excludes halogenated alkanes) is 1. The Morgan fingerprint density at radius 1 is 1.29 bits per heavy atom. The first-order valence-corrected chi connectivity index (χ1v) is 6.49. The average molecular weight is 263 g/mol. The van der Waals surface area contributed by atoms with Crippen LogP contribution in [0.3, 0.4) is 0 Å². The van der Waals surface area contributed by atoms with E-state index in [2.05, 4.69) is 0 Å². The SMILES string of the molecule is N[C@@H](CCC(=O)O)C(=O)CCCC[AsH2]. The molecule has 0 aromatic rings. The number of hydrogen-bond acceptors (Lipinski definition) is 3. The van der Waals surface area contributed by atoms with E-state index in [9.17, 15) is 9.59 Å². The van der Waals surface area contributed by atoms with E-state index in [0.717, 1.165) is 18.1 Å². The summed E-state index contributed by atoms with van der Waals surface area (Å²) in [5.41, 5.74) is 5.54. The molecule has 0 aliphatic heterocycles. The van der Waals surface area contributed by atoms with Gasteiger partial charge in [0, 0.05) is 0 Å². The molecule has 0 heterocycles. The number of nitrogens with two attached hydrogens (primary N) is 1. The van der Waals surface area contributed by atoms with Gasteiger partial charge in [0.15, 0.2) is 0 Å². The Hall–Kier alpha value is -0.342. The second-order valence-corrected chi connectivity index (χ2v) is 4.46. The normalized spacial score (nSPS) is 12.4. The first-order valence-electron chi connectivity index (χ1n) is 4.78. The molecule has 3 N–H and O–H groups in total. The molecule has 0 aromatic carbocycles. The third-order valence-corrected chi connectivity index (χ3v) is 2.82. The van der Waals surface area contributed by atoms with E-state index in [1.807, 2.05) is 0 Å². The molecule has 0 bridgehead atoms. The van der Waals surface area contributed by atoms with Gasteiger partial charge in [-0.15, -0.1) is 0 Å². The second-order valence-electron chi connectivity index (χ2n) is 3.25. The number of hydrogen-bond donors (Lipinski definition) is 2. The quantitative estimate of drug-likeness (QED) is 0.476. The number of carbonyl (C=O) groups is 2. The van der Waals surface area contributed by atoms with Crippen LogP contribution in [0.15, 0.2) is 0 Å². The van der Waals surface area contributed by atoms with Crippen LogP contribution in [0.2, 0.25) is 5.21 Å². The molecule has 0 spiro atoms. The van der Waals surface area contributed by atoms with E-state index in [0.29, 0.717) is 6.42 Å². The zero-order chi connectivity index (χ0) is 11.0. The van der Waals surface area contributed by atoms with Crippen LogP contribution in [0, 0.1) is 0 Å². The predicted octanol–water partition coefficient (Wildman–Crippen LogP) is -0.0307. The van der Waals surface area contributed by atoms with Crippen LogP contribution in [-0.4, -0.2) is 39.8 Å². The molecule has 5 heteroatoms. The second kappa shape index (κ2) is 8.01. The Bertz CT molecular complexity index is 196. The van der Waals surface area contributed by atoms with Gasteiger partial charge in [-0.1, -0.05) is 0 Å².